The maximum atomic E-state index is 13.1. The molecule has 0 heterocycles. The van der Waals surface area contributed by atoms with Crippen molar-refractivity contribution in [1.82, 2.24) is 5.32 Å². The number of benzene rings is 1. The fourth-order valence-corrected chi connectivity index (χ4v) is 2.33. The van der Waals surface area contributed by atoms with Gasteiger partial charge < -0.3 is 10.4 Å². The summed E-state index contributed by atoms with van der Waals surface area (Å²) in [7, 11) is 0. The maximum absolute atomic E-state index is 13.1. The minimum atomic E-state index is -0.963. The number of hydrogen-bond acceptors (Lipinski definition) is 3. The van der Waals surface area contributed by atoms with Crippen molar-refractivity contribution in [2.45, 2.75) is 31.8 Å². The highest BCUT2D eigenvalue weighted by Crippen LogP contribution is 2.26. The van der Waals surface area contributed by atoms with Crippen LogP contribution >= 0.6 is 0 Å². The first-order valence-corrected chi connectivity index (χ1v) is 5.91. The van der Waals surface area contributed by atoms with Crippen LogP contribution in [-0.4, -0.2) is 11.1 Å². The average molecular weight is 252 g/mol. The number of aromatic hydroxyl groups is 1. The summed E-state index contributed by atoms with van der Waals surface area (Å²) in [5.74, 6) is -2.91. The van der Waals surface area contributed by atoms with Gasteiger partial charge in [-0.2, -0.15) is 5.26 Å². The van der Waals surface area contributed by atoms with Crippen molar-refractivity contribution in [3.05, 3.63) is 29.3 Å². The van der Waals surface area contributed by atoms with Gasteiger partial charge in [-0.3, -0.25) is 0 Å². The highest BCUT2D eigenvalue weighted by molar-refractivity contribution is 5.30. The molecule has 1 aromatic rings. The molecule has 2 atom stereocenters. The number of halogens is 2. The zero-order valence-electron chi connectivity index (χ0n) is 9.79. The summed E-state index contributed by atoms with van der Waals surface area (Å²) in [6.45, 7) is 0.289. The Bertz CT molecular complexity index is 461. The predicted molar refractivity (Wildman–Crippen MR) is 61.6 cm³/mol. The lowest BCUT2D eigenvalue weighted by Crippen LogP contribution is -2.31. The van der Waals surface area contributed by atoms with E-state index < -0.39 is 17.4 Å². The zero-order valence-corrected chi connectivity index (χ0v) is 9.79. The lowest BCUT2D eigenvalue weighted by molar-refractivity contribution is 0.394. The van der Waals surface area contributed by atoms with Gasteiger partial charge in [0.2, 0.25) is 0 Å². The standard InChI is InChI=1S/C13H14F2N2O/c14-10-4-8(5-11(15)13(10)18)7-17-12-3-1-2-9(12)6-16/h4-5,9,12,17-18H,1-3,7H2. The molecule has 1 saturated carbocycles. The third-order valence-electron chi connectivity index (χ3n) is 3.33. The van der Waals surface area contributed by atoms with Gasteiger partial charge in [0, 0.05) is 12.6 Å². The zero-order chi connectivity index (χ0) is 13.1. The van der Waals surface area contributed by atoms with E-state index in [0.29, 0.717) is 5.56 Å². The van der Waals surface area contributed by atoms with Gasteiger partial charge in [-0.15, -0.1) is 0 Å². The Morgan fingerprint density at radius 3 is 2.61 bits per heavy atom. The van der Waals surface area contributed by atoms with E-state index in [2.05, 4.69) is 11.4 Å². The summed E-state index contributed by atoms with van der Waals surface area (Å²) < 4.78 is 26.2. The van der Waals surface area contributed by atoms with Crippen LogP contribution in [0.1, 0.15) is 24.8 Å². The van der Waals surface area contributed by atoms with Gasteiger partial charge in [0.1, 0.15) is 0 Å². The second-order valence-corrected chi connectivity index (χ2v) is 4.56. The van der Waals surface area contributed by atoms with Crippen LogP contribution in [0, 0.1) is 28.9 Å². The second-order valence-electron chi connectivity index (χ2n) is 4.56. The number of phenols is 1. The molecule has 2 N–H and O–H groups in total. The number of nitrogens with one attached hydrogen (secondary N) is 1. The third-order valence-corrected chi connectivity index (χ3v) is 3.33. The monoisotopic (exact) mass is 252 g/mol. The SMILES string of the molecule is N#CC1CCCC1NCc1cc(F)c(O)c(F)c1. The predicted octanol–water partition coefficient (Wildman–Crippen LogP) is 2.45. The molecule has 0 amide bonds. The van der Waals surface area contributed by atoms with Gasteiger partial charge in [-0.1, -0.05) is 6.42 Å². The van der Waals surface area contributed by atoms with Crippen molar-refractivity contribution >= 4 is 0 Å². The van der Waals surface area contributed by atoms with Crippen LogP contribution in [0.2, 0.25) is 0 Å². The average Bonchev–Trinajstić information content (AvgIpc) is 2.80. The van der Waals surface area contributed by atoms with Gasteiger partial charge in [-0.05, 0) is 30.5 Å². The number of rotatable bonds is 3. The molecule has 0 spiro atoms. The van der Waals surface area contributed by atoms with E-state index in [1.54, 1.807) is 0 Å². The van der Waals surface area contributed by atoms with Crippen molar-refractivity contribution in [3.63, 3.8) is 0 Å². The van der Waals surface area contributed by atoms with Crippen LogP contribution in [0.15, 0.2) is 12.1 Å². The van der Waals surface area contributed by atoms with Crippen molar-refractivity contribution in [2.75, 3.05) is 0 Å². The molecule has 0 radical (unpaired) electrons. The second kappa shape index (κ2) is 5.32. The highest BCUT2D eigenvalue weighted by atomic mass is 19.1. The third kappa shape index (κ3) is 2.59. The first-order valence-electron chi connectivity index (χ1n) is 5.91. The van der Waals surface area contributed by atoms with E-state index in [0.717, 1.165) is 31.4 Å². The molecule has 1 fully saturated rings. The minimum Gasteiger partial charge on any atom is -0.503 e. The van der Waals surface area contributed by atoms with Gasteiger partial charge in [0.05, 0.1) is 12.0 Å². The molecule has 1 aromatic carbocycles. The Labute approximate surface area is 104 Å². The quantitative estimate of drug-likeness (QED) is 0.868. The molecular formula is C13H14F2N2O. The molecule has 2 unspecified atom stereocenters. The van der Waals surface area contributed by atoms with Gasteiger partial charge in [-0.25, -0.2) is 8.78 Å². The van der Waals surface area contributed by atoms with Crippen LogP contribution in [0.5, 0.6) is 5.75 Å². The van der Waals surface area contributed by atoms with Crippen LogP contribution in [-0.2, 0) is 6.54 Å². The molecule has 1 aliphatic rings. The number of hydrogen-bond donors (Lipinski definition) is 2. The summed E-state index contributed by atoms with van der Waals surface area (Å²) in [5.41, 5.74) is 0.423. The summed E-state index contributed by atoms with van der Waals surface area (Å²) >= 11 is 0. The normalized spacial score (nSPS) is 22.9. The lowest BCUT2D eigenvalue weighted by atomic mass is 10.1. The van der Waals surface area contributed by atoms with E-state index in [1.807, 2.05) is 0 Å². The van der Waals surface area contributed by atoms with Crippen molar-refractivity contribution in [2.24, 2.45) is 5.92 Å². The summed E-state index contributed by atoms with van der Waals surface area (Å²) in [6.07, 6.45) is 2.77. The Balaban J connectivity index is 2.01. The van der Waals surface area contributed by atoms with E-state index in [9.17, 15) is 8.78 Å². The van der Waals surface area contributed by atoms with E-state index in [4.69, 9.17) is 10.4 Å². The fraction of sp³-hybridized carbons (Fsp3) is 0.462. The van der Waals surface area contributed by atoms with Crippen LogP contribution in [0.3, 0.4) is 0 Å². The Kier molecular flexibility index (Phi) is 3.78. The van der Waals surface area contributed by atoms with Crippen LogP contribution in [0.25, 0.3) is 0 Å². The highest BCUT2D eigenvalue weighted by Gasteiger charge is 2.26. The molecule has 18 heavy (non-hydrogen) atoms. The molecule has 96 valence electrons. The molecule has 0 bridgehead atoms. The van der Waals surface area contributed by atoms with Crippen LogP contribution in [0.4, 0.5) is 8.78 Å². The molecule has 2 rings (SSSR count). The Hall–Kier alpha value is -1.67. The van der Waals surface area contributed by atoms with Crippen LogP contribution < -0.4 is 5.32 Å². The number of nitrogens with zero attached hydrogens (tertiary/aromatic N) is 1. The summed E-state index contributed by atoms with van der Waals surface area (Å²) in [6, 6.07) is 4.51. The maximum Gasteiger partial charge on any atom is 0.187 e. The Morgan fingerprint density at radius 2 is 2.00 bits per heavy atom. The van der Waals surface area contributed by atoms with E-state index in [1.165, 1.54) is 0 Å². The minimum absolute atomic E-state index is 0.0307. The Morgan fingerprint density at radius 1 is 1.33 bits per heavy atom. The molecule has 0 aliphatic heterocycles. The molecule has 0 aromatic heterocycles. The molecule has 3 nitrogen and oxygen atoms in total. The van der Waals surface area contributed by atoms with Gasteiger partial charge in [0.15, 0.2) is 17.4 Å². The largest absolute Gasteiger partial charge is 0.503 e. The van der Waals surface area contributed by atoms with Gasteiger partial charge in [0.25, 0.3) is 0 Å². The number of nitriles is 1. The molecular weight excluding hydrogens is 238 g/mol. The molecule has 5 heteroatoms. The fourth-order valence-electron chi connectivity index (χ4n) is 2.33. The van der Waals surface area contributed by atoms with Crippen molar-refractivity contribution in [1.29, 1.82) is 5.26 Å². The lowest BCUT2D eigenvalue weighted by Gasteiger charge is -2.15. The van der Waals surface area contributed by atoms with E-state index in [-0.39, 0.29) is 18.5 Å². The topological polar surface area (TPSA) is 56.0 Å². The van der Waals surface area contributed by atoms with Crippen molar-refractivity contribution in [3.8, 4) is 11.8 Å². The van der Waals surface area contributed by atoms with Gasteiger partial charge >= 0.3 is 0 Å². The smallest absolute Gasteiger partial charge is 0.187 e. The molecule has 0 saturated heterocycles. The summed E-state index contributed by atoms with van der Waals surface area (Å²) in [4.78, 5) is 0. The summed E-state index contributed by atoms with van der Waals surface area (Å²) in [5, 5.41) is 21.0. The molecule has 1 aliphatic carbocycles. The first kappa shape index (κ1) is 12.8. The van der Waals surface area contributed by atoms with E-state index >= 15 is 0 Å². The van der Waals surface area contributed by atoms with Crippen molar-refractivity contribution < 1.29 is 13.9 Å². The first-order chi connectivity index (χ1) is 8.61. The number of phenolic OH excluding ortho intramolecular Hbond substituents is 1.